The van der Waals surface area contributed by atoms with Gasteiger partial charge < -0.3 is 9.47 Å². The SMILES string of the molecule is CN1CCc2c(c3cc(Cl)cc4c3n2CC(C)(c2ccncc2)S4)C1. The van der Waals surface area contributed by atoms with E-state index in [2.05, 4.69) is 52.7 Å². The highest BCUT2D eigenvalue weighted by Crippen LogP contribution is 2.51. The Labute approximate surface area is 157 Å². The fraction of sp³-hybridized carbons (Fsp3) is 0.350. The zero-order chi connectivity index (χ0) is 17.2. The minimum Gasteiger partial charge on any atom is -0.342 e. The van der Waals surface area contributed by atoms with Gasteiger partial charge in [0.25, 0.3) is 0 Å². The summed E-state index contributed by atoms with van der Waals surface area (Å²) in [5.41, 5.74) is 5.66. The maximum absolute atomic E-state index is 6.51. The maximum Gasteiger partial charge on any atom is 0.0626 e. The van der Waals surface area contributed by atoms with Crippen molar-refractivity contribution in [1.82, 2.24) is 14.5 Å². The van der Waals surface area contributed by atoms with Crippen molar-refractivity contribution in [2.75, 3.05) is 13.6 Å². The monoisotopic (exact) mass is 369 g/mol. The van der Waals surface area contributed by atoms with Crippen molar-refractivity contribution < 1.29 is 0 Å². The molecule has 3 nitrogen and oxygen atoms in total. The molecule has 0 saturated heterocycles. The van der Waals surface area contributed by atoms with Gasteiger partial charge in [-0.3, -0.25) is 4.98 Å². The van der Waals surface area contributed by atoms with E-state index < -0.39 is 0 Å². The predicted octanol–water partition coefficient (Wildman–Crippen LogP) is 4.70. The molecule has 0 bridgehead atoms. The first kappa shape index (κ1) is 15.7. The Morgan fingerprint density at radius 2 is 2.04 bits per heavy atom. The van der Waals surface area contributed by atoms with Gasteiger partial charge in [0, 0.05) is 59.4 Å². The highest BCUT2D eigenvalue weighted by atomic mass is 35.5. The van der Waals surface area contributed by atoms with Crippen LogP contribution in [0.15, 0.2) is 41.6 Å². The van der Waals surface area contributed by atoms with Crippen LogP contribution < -0.4 is 0 Å². The molecule has 2 aliphatic rings. The summed E-state index contributed by atoms with van der Waals surface area (Å²) in [6.45, 7) is 5.45. The Kier molecular flexibility index (Phi) is 3.46. The molecule has 0 radical (unpaired) electrons. The molecule has 0 saturated carbocycles. The number of benzene rings is 1. The third-order valence-electron chi connectivity index (χ3n) is 5.55. The number of fused-ring (bicyclic) bond motifs is 3. The van der Waals surface area contributed by atoms with Gasteiger partial charge in [0.05, 0.1) is 10.3 Å². The van der Waals surface area contributed by atoms with Crippen LogP contribution in [0.25, 0.3) is 10.9 Å². The number of nitrogens with zero attached hydrogens (tertiary/aromatic N) is 3. The standard InChI is InChI=1S/C20H20ClN3S/c1-20(13-3-6-22-7-4-13)12-24-17-5-8-23(2)11-16(17)15-9-14(21)10-18(25-20)19(15)24/h3-4,6-7,9-10H,5,8,11-12H2,1-2H3. The predicted molar refractivity (Wildman–Crippen MR) is 104 cm³/mol. The fourth-order valence-corrected chi connectivity index (χ4v) is 6.05. The Balaban J connectivity index is 1.76. The van der Waals surface area contributed by atoms with E-state index in [0.717, 1.165) is 31.1 Å². The van der Waals surface area contributed by atoms with E-state index >= 15 is 0 Å². The van der Waals surface area contributed by atoms with Crippen LogP contribution in [-0.2, 0) is 24.3 Å². The number of thioether (sulfide) groups is 1. The first-order chi connectivity index (χ1) is 12.0. The third-order valence-corrected chi connectivity index (χ3v) is 7.12. The van der Waals surface area contributed by atoms with Gasteiger partial charge in [0.1, 0.15) is 0 Å². The van der Waals surface area contributed by atoms with Crippen molar-refractivity contribution in [3.63, 3.8) is 0 Å². The molecule has 1 atom stereocenters. The Hall–Kier alpha value is -1.49. The summed E-state index contributed by atoms with van der Waals surface area (Å²) in [5.74, 6) is 0. The lowest BCUT2D eigenvalue weighted by molar-refractivity contribution is 0.308. The second-order valence-corrected chi connectivity index (χ2v) is 9.35. The zero-order valence-corrected chi connectivity index (χ0v) is 16.0. The summed E-state index contributed by atoms with van der Waals surface area (Å²) in [5, 5.41) is 2.18. The van der Waals surface area contributed by atoms with Gasteiger partial charge in [0.15, 0.2) is 0 Å². The van der Waals surface area contributed by atoms with Crippen molar-refractivity contribution in [2.24, 2.45) is 0 Å². The average molecular weight is 370 g/mol. The van der Waals surface area contributed by atoms with E-state index in [4.69, 9.17) is 11.6 Å². The lowest BCUT2D eigenvalue weighted by atomic mass is 10.0. The number of halogens is 1. The molecule has 2 aromatic heterocycles. The fourth-order valence-electron chi connectivity index (χ4n) is 4.33. The summed E-state index contributed by atoms with van der Waals surface area (Å²) in [6, 6.07) is 8.58. The van der Waals surface area contributed by atoms with Crippen LogP contribution in [0.4, 0.5) is 0 Å². The van der Waals surface area contributed by atoms with Crippen LogP contribution in [0.5, 0.6) is 0 Å². The molecule has 5 heteroatoms. The quantitative estimate of drug-likeness (QED) is 0.620. The van der Waals surface area contributed by atoms with Gasteiger partial charge in [0.2, 0.25) is 0 Å². The summed E-state index contributed by atoms with van der Waals surface area (Å²) >= 11 is 8.44. The summed E-state index contributed by atoms with van der Waals surface area (Å²) in [4.78, 5) is 7.89. The van der Waals surface area contributed by atoms with Crippen molar-refractivity contribution in [3.05, 3.63) is 58.5 Å². The van der Waals surface area contributed by atoms with Crippen LogP contribution >= 0.6 is 23.4 Å². The van der Waals surface area contributed by atoms with E-state index in [1.807, 2.05) is 24.2 Å². The Morgan fingerprint density at radius 3 is 2.84 bits per heavy atom. The van der Waals surface area contributed by atoms with Crippen molar-refractivity contribution in [1.29, 1.82) is 0 Å². The van der Waals surface area contributed by atoms with Crippen molar-refractivity contribution in [2.45, 2.75) is 36.1 Å². The van der Waals surface area contributed by atoms with E-state index in [1.165, 1.54) is 32.6 Å². The molecule has 4 heterocycles. The molecule has 0 fully saturated rings. The normalized spacial score (nSPS) is 23.0. The largest absolute Gasteiger partial charge is 0.342 e. The van der Waals surface area contributed by atoms with Gasteiger partial charge in [-0.05, 0) is 49.4 Å². The van der Waals surface area contributed by atoms with Crippen LogP contribution in [0.2, 0.25) is 5.02 Å². The average Bonchev–Trinajstić information content (AvgIpc) is 2.89. The molecule has 3 aromatic rings. The van der Waals surface area contributed by atoms with E-state index in [1.54, 1.807) is 0 Å². The molecule has 0 N–H and O–H groups in total. The van der Waals surface area contributed by atoms with Crippen molar-refractivity contribution in [3.8, 4) is 0 Å². The molecule has 0 spiro atoms. The topological polar surface area (TPSA) is 21.1 Å². The summed E-state index contributed by atoms with van der Waals surface area (Å²) in [7, 11) is 2.20. The number of aromatic nitrogens is 2. The maximum atomic E-state index is 6.51. The molecule has 0 amide bonds. The van der Waals surface area contributed by atoms with Gasteiger partial charge >= 0.3 is 0 Å². The molecular formula is C20H20ClN3S. The van der Waals surface area contributed by atoms with Gasteiger partial charge in [-0.15, -0.1) is 11.8 Å². The number of likely N-dealkylation sites (N-methyl/N-ethyl adjacent to an activating group) is 1. The van der Waals surface area contributed by atoms with Crippen LogP contribution in [0, 0.1) is 0 Å². The Morgan fingerprint density at radius 1 is 1.24 bits per heavy atom. The molecule has 128 valence electrons. The molecule has 5 rings (SSSR count). The molecule has 0 aliphatic carbocycles. The first-order valence-electron chi connectivity index (χ1n) is 8.67. The van der Waals surface area contributed by atoms with Crippen LogP contribution in [-0.4, -0.2) is 28.0 Å². The lowest BCUT2D eigenvalue weighted by Gasteiger charge is -2.36. The van der Waals surface area contributed by atoms with E-state index in [-0.39, 0.29) is 4.75 Å². The molecular weight excluding hydrogens is 350 g/mol. The van der Waals surface area contributed by atoms with Gasteiger partial charge in [-0.1, -0.05) is 11.6 Å². The molecule has 1 aromatic carbocycles. The number of hydrogen-bond acceptors (Lipinski definition) is 3. The first-order valence-corrected chi connectivity index (χ1v) is 9.86. The Bertz CT molecular complexity index is 982. The highest BCUT2D eigenvalue weighted by molar-refractivity contribution is 8.00. The third kappa shape index (κ3) is 2.35. The minimum atomic E-state index is -0.0102. The second kappa shape index (κ2) is 5.50. The second-order valence-electron chi connectivity index (χ2n) is 7.37. The van der Waals surface area contributed by atoms with E-state index in [0.29, 0.717) is 0 Å². The zero-order valence-electron chi connectivity index (χ0n) is 14.4. The molecule has 1 unspecified atom stereocenters. The molecule has 2 aliphatic heterocycles. The summed E-state index contributed by atoms with van der Waals surface area (Å²) in [6.07, 6.45) is 4.89. The summed E-state index contributed by atoms with van der Waals surface area (Å²) < 4.78 is 2.56. The van der Waals surface area contributed by atoms with Gasteiger partial charge in [-0.2, -0.15) is 0 Å². The van der Waals surface area contributed by atoms with E-state index in [9.17, 15) is 0 Å². The lowest BCUT2D eigenvalue weighted by Crippen LogP contribution is -2.31. The number of hydrogen-bond donors (Lipinski definition) is 0. The van der Waals surface area contributed by atoms with Crippen LogP contribution in [0.1, 0.15) is 23.7 Å². The smallest absolute Gasteiger partial charge is 0.0626 e. The van der Waals surface area contributed by atoms with Crippen LogP contribution in [0.3, 0.4) is 0 Å². The number of pyridine rings is 1. The van der Waals surface area contributed by atoms with Gasteiger partial charge in [-0.25, -0.2) is 0 Å². The molecule has 25 heavy (non-hydrogen) atoms. The highest BCUT2D eigenvalue weighted by Gasteiger charge is 2.37. The number of rotatable bonds is 1. The minimum absolute atomic E-state index is 0.0102. The van der Waals surface area contributed by atoms with Crippen molar-refractivity contribution >= 4 is 34.3 Å².